The minimum atomic E-state index is -0.293. The van der Waals surface area contributed by atoms with Crippen molar-refractivity contribution >= 4 is 44.9 Å². The number of thioether (sulfide) groups is 1. The standard InChI is InChI=1S/C23H26N4O2S2/c1-15(22(29)27-13-11-26(12-14-27)16-7-3-2-4-8-16)30-23-24-20(28)19-17-9-5-6-10-18(17)31-21(19)25-23/h2-4,7-8,15H,5-6,9-14H2,1H3,(H,24,25,28)/t15-/m1/s1. The summed E-state index contributed by atoms with van der Waals surface area (Å²) in [5.41, 5.74) is 2.32. The van der Waals surface area contributed by atoms with E-state index in [9.17, 15) is 9.59 Å². The number of hydrogen-bond donors (Lipinski definition) is 1. The molecule has 0 saturated carbocycles. The zero-order valence-electron chi connectivity index (χ0n) is 17.6. The topological polar surface area (TPSA) is 69.3 Å². The van der Waals surface area contributed by atoms with Crippen molar-refractivity contribution in [3.8, 4) is 0 Å². The van der Waals surface area contributed by atoms with Gasteiger partial charge in [0.1, 0.15) is 4.83 Å². The SMILES string of the molecule is C[C@@H](Sc1nc2sc3c(c2c(=O)[nH]1)CCCC3)C(=O)N1CCN(c2ccccc2)CC1. The number of H-pyrrole nitrogens is 1. The van der Waals surface area contributed by atoms with Gasteiger partial charge in [0.2, 0.25) is 5.91 Å². The van der Waals surface area contributed by atoms with Crippen LogP contribution in [0.2, 0.25) is 0 Å². The van der Waals surface area contributed by atoms with Gasteiger partial charge in [0, 0.05) is 36.7 Å². The van der Waals surface area contributed by atoms with Crippen LogP contribution >= 0.6 is 23.1 Å². The van der Waals surface area contributed by atoms with Crippen LogP contribution in [0.25, 0.3) is 10.2 Å². The van der Waals surface area contributed by atoms with E-state index in [1.165, 1.54) is 34.3 Å². The number of rotatable bonds is 4. The van der Waals surface area contributed by atoms with Gasteiger partial charge in [-0.05, 0) is 50.3 Å². The lowest BCUT2D eigenvalue weighted by Gasteiger charge is -2.37. The van der Waals surface area contributed by atoms with Crippen LogP contribution in [0.5, 0.6) is 0 Å². The molecule has 3 heterocycles. The summed E-state index contributed by atoms with van der Waals surface area (Å²) in [6.45, 7) is 4.97. The zero-order chi connectivity index (χ0) is 21.4. The van der Waals surface area contributed by atoms with Gasteiger partial charge in [0.05, 0.1) is 10.6 Å². The number of nitrogens with zero attached hydrogens (tertiary/aromatic N) is 3. The number of para-hydroxylation sites is 1. The Morgan fingerprint density at radius 3 is 2.65 bits per heavy atom. The van der Waals surface area contributed by atoms with Crippen LogP contribution in [0.4, 0.5) is 5.69 Å². The molecule has 0 unspecified atom stereocenters. The number of piperazine rings is 1. The molecule has 3 aromatic rings. The highest BCUT2D eigenvalue weighted by atomic mass is 32.2. The molecule has 1 N–H and O–H groups in total. The molecule has 1 aliphatic heterocycles. The summed E-state index contributed by atoms with van der Waals surface area (Å²) >= 11 is 3.00. The number of amides is 1. The summed E-state index contributed by atoms with van der Waals surface area (Å²) in [6, 6.07) is 10.3. The molecule has 1 amide bonds. The molecule has 0 bridgehead atoms. The molecule has 8 heteroatoms. The van der Waals surface area contributed by atoms with Crippen LogP contribution in [0.3, 0.4) is 0 Å². The Morgan fingerprint density at radius 2 is 1.87 bits per heavy atom. The number of aromatic nitrogens is 2. The minimum absolute atomic E-state index is 0.0666. The number of anilines is 1. The number of fused-ring (bicyclic) bond motifs is 3. The molecule has 0 radical (unpaired) electrons. The Bertz CT molecular complexity index is 1150. The van der Waals surface area contributed by atoms with E-state index in [0.717, 1.165) is 42.6 Å². The molecule has 162 valence electrons. The van der Waals surface area contributed by atoms with Gasteiger partial charge in [0.15, 0.2) is 5.16 Å². The van der Waals surface area contributed by atoms with Gasteiger partial charge < -0.3 is 14.8 Å². The summed E-state index contributed by atoms with van der Waals surface area (Å²) in [5.74, 6) is 0.103. The monoisotopic (exact) mass is 454 g/mol. The fourth-order valence-corrected chi connectivity index (χ4v) is 6.70. The minimum Gasteiger partial charge on any atom is -0.368 e. The second-order valence-corrected chi connectivity index (χ2v) is 10.6. The molecule has 1 aromatic carbocycles. The fourth-order valence-electron chi connectivity index (χ4n) is 4.50. The average Bonchev–Trinajstić information content (AvgIpc) is 3.18. The van der Waals surface area contributed by atoms with Crippen LogP contribution < -0.4 is 10.5 Å². The third-order valence-electron chi connectivity index (χ3n) is 6.15. The van der Waals surface area contributed by atoms with Gasteiger partial charge >= 0.3 is 0 Å². The second kappa shape index (κ2) is 8.67. The molecule has 1 saturated heterocycles. The molecule has 5 rings (SSSR count). The Balaban J connectivity index is 1.26. The van der Waals surface area contributed by atoms with E-state index in [4.69, 9.17) is 4.98 Å². The Morgan fingerprint density at radius 1 is 1.13 bits per heavy atom. The molecule has 1 atom stereocenters. The number of aromatic amines is 1. The maximum absolute atomic E-state index is 13.0. The van der Waals surface area contributed by atoms with Crippen LogP contribution in [-0.2, 0) is 17.6 Å². The predicted octanol–water partition coefficient (Wildman–Crippen LogP) is 3.69. The zero-order valence-corrected chi connectivity index (χ0v) is 19.2. The number of nitrogens with one attached hydrogen (secondary N) is 1. The molecule has 1 fully saturated rings. The van der Waals surface area contributed by atoms with Crippen molar-refractivity contribution in [1.29, 1.82) is 0 Å². The Hall–Kier alpha value is -2.32. The van der Waals surface area contributed by atoms with Gasteiger partial charge in [-0.3, -0.25) is 9.59 Å². The first kappa shape index (κ1) is 20.6. The van der Waals surface area contributed by atoms with E-state index >= 15 is 0 Å². The molecule has 2 aromatic heterocycles. The highest BCUT2D eigenvalue weighted by Gasteiger charge is 2.27. The van der Waals surface area contributed by atoms with Crippen LogP contribution in [-0.4, -0.2) is 52.2 Å². The van der Waals surface area contributed by atoms with Gasteiger partial charge in [-0.2, -0.15) is 0 Å². The third-order valence-corrected chi connectivity index (χ3v) is 8.31. The lowest BCUT2D eigenvalue weighted by molar-refractivity contribution is -0.130. The summed E-state index contributed by atoms with van der Waals surface area (Å²) in [7, 11) is 0. The molecular weight excluding hydrogens is 428 g/mol. The lowest BCUT2D eigenvalue weighted by Crippen LogP contribution is -2.50. The number of carbonyl (C=O) groups is 1. The van der Waals surface area contributed by atoms with Crippen LogP contribution in [0, 0.1) is 0 Å². The van der Waals surface area contributed by atoms with Crippen molar-refractivity contribution in [2.75, 3.05) is 31.1 Å². The summed E-state index contributed by atoms with van der Waals surface area (Å²) < 4.78 is 0. The van der Waals surface area contributed by atoms with Gasteiger partial charge in [-0.15, -0.1) is 11.3 Å². The Kier molecular flexibility index (Phi) is 5.75. The van der Waals surface area contributed by atoms with Gasteiger partial charge in [0.25, 0.3) is 5.56 Å². The third kappa shape index (κ3) is 4.11. The number of carbonyl (C=O) groups excluding carboxylic acids is 1. The lowest BCUT2D eigenvalue weighted by atomic mass is 9.97. The average molecular weight is 455 g/mol. The van der Waals surface area contributed by atoms with Crippen molar-refractivity contribution in [2.45, 2.75) is 43.0 Å². The summed E-state index contributed by atoms with van der Waals surface area (Å²) in [6.07, 6.45) is 4.33. The first-order valence-corrected chi connectivity index (χ1v) is 12.6. The first-order valence-electron chi connectivity index (χ1n) is 10.9. The maximum atomic E-state index is 13.0. The second-order valence-electron chi connectivity index (χ2n) is 8.17. The molecular formula is C23H26N4O2S2. The largest absolute Gasteiger partial charge is 0.368 e. The van der Waals surface area contributed by atoms with Crippen molar-refractivity contribution in [3.05, 3.63) is 51.1 Å². The number of hydrogen-bond acceptors (Lipinski definition) is 6. The molecule has 2 aliphatic rings. The van der Waals surface area contributed by atoms with Gasteiger partial charge in [-0.25, -0.2) is 4.98 Å². The van der Waals surface area contributed by atoms with E-state index in [0.29, 0.717) is 18.2 Å². The summed E-state index contributed by atoms with van der Waals surface area (Å²) in [5, 5.41) is 1.01. The summed E-state index contributed by atoms with van der Waals surface area (Å²) in [4.78, 5) is 39.8. The fraction of sp³-hybridized carbons (Fsp3) is 0.435. The van der Waals surface area contributed by atoms with Crippen molar-refractivity contribution < 1.29 is 4.79 Å². The van der Waals surface area contributed by atoms with E-state index in [1.807, 2.05) is 30.0 Å². The van der Waals surface area contributed by atoms with Crippen molar-refractivity contribution in [2.24, 2.45) is 0 Å². The molecule has 0 spiro atoms. The van der Waals surface area contributed by atoms with Crippen molar-refractivity contribution in [1.82, 2.24) is 14.9 Å². The van der Waals surface area contributed by atoms with E-state index in [-0.39, 0.29) is 16.7 Å². The van der Waals surface area contributed by atoms with Crippen LogP contribution in [0.15, 0.2) is 40.3 Å². The van der Waals surface area contributed by atoms with E-state index in [1.54, 1.807) is 11.3 Å². The predicted molar refractivity (Wildman–Crippen MR) is 127 cm³/mol. The Labute approximate surface area is 189 Å². The quantitative estimate of drug-likeness (QED) is 0.481. The van der Waals surface area contributed by atoms with Crippen LogP contribution in [0.1, 0.15) is 30.2 Å². The van der Waals surface area contributed by atoms with E-state index in [2.05, 4.69) is 22.0 Å². The maximum Gasteiger partial charge on any atom is 0.260 e. The number of thiophene rings is 1. The molecule has 6 nitrogen and oxygen atoms in total. The normalized spacial score (nSPS) is 17.6. The molecule has 31 heavy (non-hydrogen) atoms. The smallest absolute Gasteiger partial charge is 0.260 e. The van der Waals surface area contributed by atoms with Gasteiger partial charge in [-0.1, -0.05) is 30.0 Å². The van der Waals surface area contributed by atoms with Crippen molar-refractivity contribution in [3.63, 3.8) is 0 Å². The highest BCUT2D eigenvalue weighted by Crippen LogP contribution is 2.34. The first-order chi connectivity index (χ1) is 15.1. The number of aryl methyl sites for hydroxylation is 2. The van der Waals surface area contributed by atoms with E-state index < -0.39 is 0 Å². The molecule has 1 aliphatic carbocycles. The highest BCUT2D eigenvalue weighted by molar-refractivity contribution is 8.00. The number of benzene rings is 1.